The fourth-order valence-electron chi connectivity index (χ4n) is 1.58. The van der Waals surface area contributed by atoms with Gasteiger partial charge in [0.1, 0.15) is 5.76 Å². The molecule has 1 aliphatic rings. The number of rotatable bonds is 3. The minimum Gasteiger partial charge on any atom is -0.375 e. The smallest absolute Gasteiger partial charge is 0.133 e. The van der Waals surface area contributed by atoms with E-state index < -0.39 is 0 Å². The van der Waals surface area contributed by atoms with E-state index in [1.807, 2.05) is 13.0 Å². The van der Waals surface area contributed by atoms with Gasteiger partial charge in [-0.25, -0.2) is 0 Å². The summed E-state index contributed by atoms with van der Waals surface area (Å²) >= 11 is 0. The summed E-state index contributed by atoms with van der Waals surface area (Å²) in [5.74, 6) is 0.855. The maximum atomic E-state index is 5.44. The molecule has 1 saturated heterocycles. The van der Waals surface area contributed by atoms with Crippen LogP contribution in [0.4, 0.5) is 0 Å². The van der Waals surface area contributed by atoms with Gasteiger partial charge in [-0.05, 0) is 6.92 Å². The van der Waals surface area contributed by atoms with Crippen LogP contribution in [0.25, 0.3) is 0 Å². The average molecular weight is 182 g/mol. The topological polar surface area (TPSA) is 47.3 Å². The molecule has 1 aliphatic heterocycles. The standard InChI is InChI=1S/C9H14N2O2/c1-7-3-8(11-13-7)4-9(12-2)5-10-6-9/h3,10H,4-6H2,1-2H3. The van der Waals surface area contributed by atoms with E-state index in [1.54, 1.807) is 7.11 Å². The monoisotopic (exact) mass is 182 g/mol. The van der Waals surface area contributed by atoms with Gasteiger partial charge in [0.2, 0.25) is 0 Å². The van der Waals surface area contributed by atoms with Gasteiger partial charge >= 0.3 is 0 Å². The van der Waals surface area contributed by atoms with Crippen LogP contribution in [-0.4, -0.2) is 31.0 Å². The number of hydrogen-bond acceptors (Lipinski definition) is 4. The summed E-state index contributed by atoms with van der Waals surface area (Å²) in [5.41, 5.74) is 0.921. The first kappa shape index (κ1) is 8.72. The van der Waals surface area contributed by atoms with Gasteiger partial charge in [-0.1, -0.05) is 5.16 Å². The van der Waals surface area contributed by atoms with Crippen LogP contribution in [0.5, 0.6) is 0 Å². The molecule has 0 aromatic carbocycles. The van der Waals surface area contributed by atoms with E-state index in [0.29, 0.717) is 0 Å². The van der Waals surface area contributed by atoms with Crippen LogP contribution >= 0.6 is 0 Å². The molecule has 1 N–H and O–H groups in total. The molecule has 0 aliphatic carbocycles. The van der Waals surface area contributed by atoms with Crippen LogP contribution in [0.3, 0.4) is 0 Å². The number of methoxy groups -OCH3 is 1. The minimum absolute atomic E-state index is 0.0523. The molecular weight excluding hydrogens is 168 g/mol. The molecule has 4 heteroatoms. The number of aromatic nitrogens is 1. The van der Waals surface area contributed by atoms with Gasteiger partial charge in [-0.2, -0.15) is 0 Å². The highest BCUT2D eigenvalue weighted by molar-refractivity contribution is 5.10. The van der Waals surface area contributed by atoms with Crippen molar-refractivity contribution in [3.63, 3.8) is 0 Å². The Kier molecular flexibility index (Phi) is 2.09. The Morgan fingerprint density at radius 3 is 2.85 bits per heavy atom. The van der Waals surface area contributed by atoms with E-state index in [-0.39, 0.29) is 5.60 Å². The molecule has 0 amide bonds. The highest BCUT2D eigenvalue weighted by atomic mass is 16.5. The SMILES string of the molecule is COC1(Cc2cc(C)on2)CNC1. The Bertz CT molecular complexity index is 286. The summed E-state index contributed by atoms with van der Waals surface area (Å²) in [7, 11) is 1.74. The molecular formula is C9H14N2O2. The Morgan fingerprint density at radius 1 is 1.69 bits per heavy atom. The van der Waals surface area contributed by atoms with Crippen LogP contribution in [0.15, 0.2) is 10.6 Å². The summed E-state index contributed by atoms with van der Waals surface area (Å²) in [6.07, 6.45) is 0.827. The largest absolute Gasteiger partial charge is 0.375 e. The zero-order valence-corrected chi connectivity index (χ0v) is 7.96. The fourth-order valence-corrected chi connectivity index (χ4v) is 1.58. The van der Waals surface area contributed by atoms with Crippen molar-refractivity contribution in [3.05, 3.63) is 17.5 Å². The van der Waals surface area contributed by atoms with Crippen LogP contribution in [0, 0.1) is 6.92 Å². The molecule has 0 radical (unpaired) electrons. The highest BCUT2D eigenvalue weighted by Crippen LogP contribution is 2.21. The summed E-state index contributed by atoms with van der Waals surface area (Å²) in [5, 5.41) is 7.14. The van der Waals surface area contributed by atoms with Crippen LogP contribution < -0.4 is 5.32 Å². The van der Waals surface area contributed by atoms with E-state index in [0.717, 1.165) is 31.0 Å². The average Bonchev–Trinajstić information content (AvgIpc) is 2.44. The molecule has 0 spiro atoms. The quantitative estimate of drug-likeness (QED) is 0.740. The molecule has 1 aromatic rings. The van der Waals surface area contributed by atoms with Crippen molar-refractivity contribution in [2.45, 2.75) is 18.9 Å². The Balaban J connectivity index is 2.04. The first-order valence-corrected chi connectivity index (χ1v) is 4.42. The second-order valence-corrected chi connectivity index (χ2v) is 3.60. The van der Waals surface area contributed by atoms with Crippen molar-refractivity contribution in [2.75, 3.05) is 20.2 Å². The van der Waals surface area contributed by atoms with Crippen molar-refractivity contribution in [2.24, 2.45) is 0 Å². The van der Waals surface area contributed by atoms with Crippen molar-refractivity contribution < 1.29 is 9.26 Å². The molecule has 0 bridgehead atoms. The lowest BCUT2D eigenvalue weighted by molar-refractivity contribution is -0.0512. The minimum atomic E-state index is -0.0523. The van der Waals surface area contributed by atoms with E-state index in [4.69, 9.17) is 9.26 Å². The van der Waals surface area contributed by atoms with Gasteiger partial charge in [-0.15, -0.1) is 0 Å². The van der Waals surface area contributed by atoms with Crippen LogP contribution in [0.2, 0.25) is 0 Å². The summed E-state index contributed by atoms with van der Waals surface area (Å²) in [4.78, 5) is 0. The normalized spacial score (nSPS) is 19.8. The molecule has 4 nitrogen and oxygen atoms in total. The third kappa shape index (κ3) is 1.59. The lowest BCUT2D eigenvalue weighted by Crippen LogP contribution is -2.61. The number of aryl methyl sites for hydroxylation is 1. The third-order valence-corrected chi connectivity index (χ3v) is 2.51. The predicted octanol–water partition coefficient (Wildman–Crippen LogP) is 0.514. The van der Waals surface area contributed by atoms with Gasteiger partial charge in [-0.3, -0.25) is 0 Å². The van der Waals surface area contributed by atoms with Crippen LogP contribution in [0.1, 0.15) is 11.5 Å². The van der Waals surface area contributed by atoms with E-state index in [9.17, 15) is 0 Å². The van der Waals surface area contributed by atoms with Gasteiger partial charge < -0.3 is 14.6 Å². The van der Waals surface area contributed by atoms with Gasteiger partial charge in [0.15, 0.2) is 0 Å². The molecule has 72 valence electrons. The van der Waals surface area contributed by atoms with Gasteiger partial charge in [0.05, 0.1) is 11.3 Å². The Labute approximate surface area is 77.2 Å². The molecule has 1 fully saturated rings. The molecule has 0 unspecified atom stereocenters. The number of ether oxygens (including phenoxy) is 1. The zero-order chi connectivity index (χ0) is 9.31. The predicted molar refractivity (Wildman–Crippen MR) is 47.6 cm³/mol. The molecule has 0 saturated carbocycles. The highest BCUT2D eigenvalue weighted by Gasteiger charge is 2.37. The number of hydrogen-bond donors (Lipinski definition) is 1. The summed E-state index contributed by atoms with van der Waals surface area (Å²) in [6.45, 7) is 3.69. The van der Waals surface area contributed by atoms with Crippen molar-refractivity contribution in [3.8, 4) is 0 Å². The maximum Gasteiger partial charge on any atom is 0.133 e. The van der Waals surface area contributed by atoms with E-state index in [1.165, 1.54) is 0 Å². The van der Waals surface area contributed by atoms with Gasteiger partial charge in [0.25, 0.3) is 0 Å². The molecule has 2 rings (SSSR count). The summed E-state index contributed by atoms with van der Waals surface area (Å²) < 4.78 is 10.4. The molecule has 2 heterocycles. The first-order valence-electron chi connectivity index (χ1n) is 4.42. The lowest BCUT2D eigenvalue weighted by Gasteiger charge is -2.40. The fraction of sp³-hybridized carbons (Fsp3) is 0.667. The van der Waals surface area contributed by atoms with Crippen molar-refractivity contribution in [1.82, 2.24) is 10.5 Å². The molecule has 13 heavy (non-hydrogen) atoms. The first-order chi connectivity index (χ1) is 6.24. The Hall–Kier alpha value is -0.870. The second-order valence-electron chi connectivity index (χ2n) is 3.60. The maximum absolute atomic E-state index is 5.44. The number of nitrogens with zero attached hydrogens (tertiary/aromatic N) is 1. The summed E-state index contributed by atoms with van der Waals surface area (Å²) in [6, 6.07) is 1.96. The third-order valence-electron chi connectivity index (χ3n) is 2.51. The van der Waals surface area contributed by atoms with Crippen molar-refractivity contribution in [1.29, 1.82) is 0 Å². The van der Waals surface area contributed by atoms with E-state index in [2.05, 4.69) is 10.5 Å². The lowest BCUT2D eigenvalue weighted by atomic mass is 9.91. The van der Waals surface area contributed by atoms with Crippen LogP contribution in [-0.2, 0) is 11.2 Å². The second kappa shape index (κ2) is 3.12. The Morgan fingerprint density at radius 2 is 2.46 bits per heavy atom. The van der Waals surface area contributed by atoms with Gasteiger partial charge in [0, 0.05) is 32.7 Å². The van der Waals surface area contributed by atoms with Crippen molar-refractivity contribution >= 4 is 0 Å². The van der Waals surface area contributed by atoms with E-state index >= 15 is 0 Å². The molecule has 1 aromatic heterocycles. The molecule has 0 atom stereocenters. The number of nitrogens with one attached hydrogen (secondary N) is 1. The zero-order valence-electron chi connectivity index (χ0n) is 7.96.